The molecule has 0 unspecified atom stereocenters. The minimum absolute atomic E-state index is 0.209. The third-order valence-electron chi connectivity index (χ3n) is 3.05. The summed E-state index contributed by atoms with van der Waals surface area (Å²) in [5, 5.41) is 4.07. The Morgan fingerprint density at radius 1 is 1.45 bits per heavy atom. The van der Waals surface area contributed by atoms with Crippen LogP contribution in [0.2, 0.25) is 0 Å². The minimum atomic E-state index is -4.52. The van der Waals surface area contributed by atoms with Gasteiger partial charge in [-0.1, -0.05) is 6.92 Å². The van der Waals surface area contributed by atoms with Gasteiger partial charge in [0.25, 0.3) is 0 Å². The van der Waals surface area contributed by atoms with Crippen molar-refractivity contribution in [3.63, 3.8) is 0 Å². The molecule has 0 aliphatic rings. The Kier molecular flexibility index (Phi) is 5.09. The number of phosphoric ester groups is 1. The molecule has 2 aromatic heterocycles. The summed E-state index contributed by atoms with van der Waals surface area (Å²) in [6.07, 6.45) is 2.51. The van der Waals surface area contributed by atoms with Gasteiger partial charge in [0, 0.05) is 0 Å². The van der Waals surface area contributed by atoms with Gasteiger partial charge in [-0.2, -0.15) is 5.10 Å². The molecule has 0 aliphatic carbocycles. The first kappa shape index (κ1) is 16.8. The molecule has 0 radical (unpaired) electrons. The predicted molar refractivity (Wildman–Crippen MR) is 76.8 cm³/mol. The second-order valence-electron chi connectivity index (χ2n) is 4.66. The van der Waals surface area contributed by atoms with Crippen molar-refractivity contribution >= 4 is 19.3 Å². The number of hydrogen-bond donors (Lipinski definition) is 3. The van der Waals surface area contributed by atoms with Gasteiger partial charge in [-0.3, -0.25) is 4.52 Å². The number of nitrogens with two attached hydrogens (primary N) is 1. The summed E-state index contributed by atoms with van der Waals surface area (Å²) in [5.41, 5.74) is 6.79. The lowest BCUT2D eigenvalue weighted by molar-refractivity contribution is -0.0357. The number of ether oxygens (including phenoxy) is 1. The average molecular weight is 331 g/mol. The van der Waals surface area contributed by atoms with E-state index in [9.17, 15) is 4.57 Å². The zero-order chi connectivity index (χ0) is 16.3. The van der Waals surface area contributed by atoms with Crippen LogP contribution in [0.5, 0.6) is 0 Å². The first-order valence-corrected chi connectivity index (χ1v) is 8.14. The standard InChI is InChI=1S/C11H18N5O5P/c1-3-8(5-20-22(17,18)19)21-7(2)9-4-13-11-10(12)14-6-15-16(9)11/h4,6-8H,3,5H2,1-2H3,(H2,12,14,15)(H2,17,18,19)/t7-,8+/m1/s1. The molecular weight excluding hydrogens is 313 g/mol. The fourth-order valence-electron chi connectivity index (χ4n) is 1.92. The maximum atomic E-state index is 10.8. The van der Waals surface area contributed by atoms with Crippen LogP contribution in [0.3, 0.4) is 0 Å². The Balaban J connectivity index is 2.11. The fraction of sp³-hybridized carbons (Fsp3) is 0.545. The van der Waals surface area contributed by atoms with Crippen molar-refractivity contribution in [1.82, 2.24) is 19.6 Å². The lowest BCUT2D eigenvalue weighted by atomic mass is 10.2. The number of nitrogen functional groups attached to an aromatic ring is 1. The van der Waals surface area contributed by atoms with Crippen LogP contribution in [-0.4, -0.2) is 42.1 Å². The molecule has 10 nitrogen and oxygen atoms in total. The normalized spacial score (nSPS) is 15.1. The number of rotatable bonds is 7. The van der Waals surface area contributed by atoms with E-state index < -0.39 is 20.0 Å². The Morgan fingerprint density at radius 3 is 2.82 bits per heavy atom. The van der Waals surface area contributed by atoms with Gasteiger partial charge < -0.3 is 20.3 Å². The highest BCUT2D eigenvalue weighted by Gasteiger charge is 2.22. The predicted octanol–water partition coefficient (Wildman–Crippen LogP) is 0.672. The van der Waals surface area contributed by atoms with E-state index in [1.165, 1.54) is 10.8 Å². The minimum Gasteiger partial charge on any atom is -0.381 e. The van der Waals surface area contributed by atoms with Crippen molar-refractivity contribution in [2.75, 3.05) is 12.3 Å². The molecule has 0 fully saturated rings. The summed E-state index contributed by atoms with van der Waals surface area (Å²) < 4.78 is 22.5. The Morgan fingerprint density at radius 2 is 2.18 bits per heavy atom. The average Bonchev–Trinajstić information content (AvgIpc) is 2.87. The molecule has 0 bridgehead atoms. The molecule has 2 heterocycles. The molecule has 0 aliphatic heterocycles. The molecular formula is C11H18N5O5P. The first-order chi connectivity index (χ1) is 10.3. The highest BCUT2D eigenvalue weighted by Crippen LogP contribution is 2.36. The van der Waals surface area contributed by atoms with Gasteiger partial charge in [0.05, 0.1) is 30.7 Å². The quantitative estimate of drug-likeness (QED) is 0.623. The molecule has 2 rings (SSSR count). The number of hydrogen-bond acceptors (Lipinski definition) is 7. The summed E-state index contributed by atoms with van der Waals surface area (Å²) in [6, 6.07) is 0. The van der Waals surface area contributed by atoms with Gasteiger partial charge in [0.2, 0.25) is 0 Å². The number of aromatic nitrogens is 4. The summed E-state index contributed by atoms with van der Waals surface area (Å²) >= 11 is 0. The van der Waals surface area contributed by atoms with E-state index in [4.69, 9.17) is 20.3 Å². The Bertz CT molecular complexity index is 687. The van der Waals surface area contributed by atoms with Crippen LogP contribution >= 0.6 is 7.82 Å². The van der Waals surface area contributed by atoms with Gasteiger partial charge in [-0.25, -0.2) is 19.0 Å². The third kappa shape index (κ3) is 3.99. The number of anilines is 1. The third-order valence-corrected chi connectivity index (χ3v) is 3.54. The van der Waals surface area contributed by atoms with E-state index in [1.807, 2.05) is 6.92 Å². The monoisotopic (exact) mass is 331 g/mol. The summed E-state index contributed by atoms with van der Waals surface area (Å²) in [6.45, 7) is 3.40. The molecule has 4 N–H and O–H groups in total. The molecule has 2 atom stereocenters. The van der Waals surface area contributed by atoms with E-state index >= 15 is 0 Å². The first-order valence-electron chi connectivity index (χ1n) is 6.61. The van der Waals surface area contributed by atoms with Crippen molar-refractivity contribution in [3.05, 3.63) is 18.2 Å². The van der Waals surface area contributed by atoms with Crippen molar-refractivity contribution in [2.24, 2.45) is 0 Å². The SMILES string of the molecule is CC[C@@H](COP(=O)(O)O)O[C@H](C)c1cnc2c(N)ncnn12. The van der Waals surface area contributed by atoms with Crippen LogP contribution in [0.4, 0.5) is 5.82 Å². The van der Waals surface area contributed by atoms with E-state index in [2.05, 4.69) is 19.6 Å². The number of nitrogens with zero attached hydrogens (tertiary/aromatic N) is 4. The van der Waals surface area contributed by atoms with E-state index in [-0.39, 0.29) is 12.4 Å². The van der Waals surface area contributed by atoms with Crippen LogP contribution in [-0.2, 0) is 13.8 Å². The summed E-state index contributed by atoms with van der Waals surface area (Å²) in [4.78, 5) is 25.5. The zero-order valence-corrected chi connectivity index (χ0v) is 13.1. The number of phosphoric acid groups is 1. The lowest BCUT2D eigenvalue weighted by Crippen LogP contribution is -2.21. The molecule has 22 heavy (non-hydrogen) atoms. The molecule has 0 spiro atoms. The molecule has 11 heteroatoms. The van der Waals surface area contributed by atoms with Crippen LogP contribution in [0, 0.1) is 0 Å². The molecule has 0 saturated carbocycles. The maximum absolute atomic E-state index is 10.8. The molecule has 0 amide bonds. The van der Waals surface area contributed by atoms with Gasteiger partial charge >= 0.3 is 7.82 Å². The number of imidazole rings is 1. The van der Waals surface area contributed by atoms with E-state index in [0.717, 1.165) is 0 Å². The van der Waals surface area contributed by atoms with Gasteiger partial charge in [0.1, 0.15) is 6.33 Å². The molecule has 122 valence electrons. The van der Waals surface area contributed by atoms with Crippen molar-refractivity contribution < 1.29 is 23.6 Å². The maximum Gasteiger partial charge on any atom is 0.469 e. The largest absolute Gasteiger partial charge is 0.469 e. The van der Waals surface area contributed by atoms with E-state index in [1.54, 1.807) is 13.1 Å². The van der Waals surface area contributed by atoms with Crippen LogP contribution in [0.25, 0.3) is 5.65 Å². The van der Waals surface area contributed by atoms with Crippen molar-refractivity contribution in [3.8, 4) is 0 Å². The Labute approximate surface area is 126 Å². The van der Waals surface area contributed by atoms with Crippen molar-refractivity contribution in [1.29, 1.82) is 0 Å². The molecule has 0 saturated heterocycles. The van der Waals surface area contributed by atoms with Crippen LogP contribution < -0.4 is 5.73 Å². The van der Waals surface area contributed by atoms with Crippen molar-refractivity contribution in [2.45, 2.75) is 32.5 Å². The fourth-order valence-corrected chi connectivity index (χ4v) is 2.28. The van der Waals surface area contributed by atoms with E-state index in [0.29, 0.717) is 17.8 Å². The van der Waals surface area contributed by atoms with Gasteiger partial charge in [-0.15, -0.1) is 0 Å². The van der Waals surface area contributed by atoms with Crippen LogP contribution in [0.1, 0.15) is 32.1 Å². The highest BCUT2D eigenvalue weighted by molar-refractivity contribution is 7.46. The molecule has 2 aromatic rings. The summed E-state index contributed by atoms with van der Waals surface area (Å²) in [7, 11) is -4.52. The topological polar surface area (TPSA) is 145 Å². The zero-order valence-electron chi connectivity index (χ0n) is 12.2. The smallest absolute Gasteiger partial charge is 0.381 e. The lowest BCUT2D eigenvalue weighted by Gasteiger charge is -2.21. The Hall–Kier alpha value is -1.58. The highest BCUT2D eigenvalue weighted by atomic mass is 31.2. The number of fused-ring (bicyclic) bond motifs is 1. The van der Waals surface area contributed by atoms with Crippen LogP contribution in [0.15, 0.2) is 12.5 Å². The summed E-state index contributed by atoms with van der Waals surface area (Å²) in [5.74, 6) is 0.255. The second kappa shape index (κ2) is 6.67. The van der Waals surface area contributed by atoms with Gasteiger partial charge in [0.15, 0.2) is 11.5 Å². The van der Waals surface area contributed by atoms with Gasteiger partial charge in [-0.05, 0) is 13.3 Å². The molecule has 0 aromatic carbocycles. The second-order valence-corrected chi connectivity index (χ2v) is 5.90.